The number of amides is 1. The van der Waals surface area contributed by atoms with Gasteiger partial charge in [-0.15, -0.1) is 0 Å². The summed E-state index contributed by atoms with van der Waals surface area (Å²) in [7, 11) is 0. The maximum absolute atomic E-state index is 13.5. The van der Waals surface area contributed by atoms with Crippen molar-refractivity contribution >= 4 is 17.4 Å². The van der Waals surface area contributed by atoms with E-state index in [2.05, 4.69) is 0 Å². The molecule has 2 fully saturated rings. The van der Waals surface area contributed by atoms with Gasteiger partial charge < -0.3 is 19.5 Å². The Morgan fingerprint density at radius 1 is 1.00 bits per heavy atom. The molecule has 0 aromatic heterocycles. The summed E-state index contributed by atoms with van der Waals surface area (Å²) < 4.78 is 25.2. The van der Waals surface area contributed by atoms with E-state index in [-0.39, 0.29) is 29.5 Å². The number of ketones is 1. The summed E-state index contributed by atoms with van der Waals surface area (Å²) >= 11 is 0. The van der Waals surface area contributed by atoms with Crippen LogP contribution in [0.5, 0.6) is 11.5 Å². The van der Waals surface area contributed by atoms with Gasteiger partial charge in [0.25, 0.3) is 11.7 Å². The van der Waals surface area contributed by atoms with Crippen LogP contribution in [0, 0.1) is 5.82 Å². The summed E-state index contributed by atoms with van der Waals surface area (Å²) in [5, 5.41) is 11.1. The van der Waals surface area contributed by atoms with Crippen LogP contribution in [0.1, 0.15) is 30.0 Å². The molecule has 3 aromatic rings. The monoisotopic (exact) mass is 473 g/mol. The van der Waals surface area contributed by atoms with Gasteiger partial charge in [0, 0.05) is 18.7 Å². The minimum absolute atomic E-state index is 0.0449. The zero-order valence-corrected chi connectivity index (χ0v) is 18.9. The normalized spacial score (nSPS) is 21.5. The fraction of sp³-hybridized carbons (Fsp3) is 0.214. The number of rotatable bonds is 6. The van der Waals surface area contributed by atoms with Crippen molar-refractivity contribution in [1.82, 2.24) is 4.90 Å². The van der Waals surface area contributed by atoms with E-state index in [0.29, 0.717) is 23.7 Å². The molecule has 178 valence electrons. The Bertz CT molecular complexity index is 1270. The fourth-order valence-corrected chi connectivity index (χ4v) is 4.56. The third-order valence-electron chi connectivity index (χ3n) is 6.23. The topological polar surface area (TPSA) is 76.1 Å². The zero-order chi connectivity index (χ0) is 24.4. The van der Waals surface area contributed by atoms with Crippen LogP contribution in [0.2, 0.25) is 0 Å². The average molecular weight is 474 g/mol. The summed E-state index contributed by atoms with van der Waals surface area (Å²) in [5.74, 6) is -1.14. The number of aliphatic hydroxyl groups excluding tert-OH is 1. The van der Waals surface area contributed by atoms with Crippen LogP contribution in [0.15, 0.2) is 84.4 Å². The largest absolute Gasteiger partial charge is 0.507 e. The molecule has 0 aliphatic carbocycles. The molecular weight excluding hydrogens is 449 g/mol. The molecule has 5 rings (SSSR count). The summed E-state index contributed by atoms with van der Waals surface area (Å²) in [5.41, 5.74) is 0.818. The van der Waals surface area contributed by atoms with Gasteiger partial charge in [0.1, 0.15) is 23.1 Å². The van der Waals surface area contributed by atoms with E-state index in [0.717, 1.165) is 12.8 Å². The third kappa shape index (κ3) is 4.68. The van der Waals surface area contributed by atoms with Crippen LogP contribution in [0.25, 0.3) is 5.76 Å². The number of Topliss-reactive ketones (excluding diaryl/α,β-unsaturated/α-hetero) is 1. The number of carbonyl (C=O) groups excluding carboxylic acids is 2. The standard InChI is InChI=1S/C28H24FNO5/c29-20-13-11-18(12-14-20)26(31)24-25(30(28(33)27(24)32)17-23-10-5-15-34-23)19-6-4-9-22(16-19)35-21-7-2-1-3-8-21/h1-4,6-9,11-14,16,23,25,31H,5,10,15,17H2/t23-,25-/m0/s1. The molecule has 2 atom stereocenters. The number of likely N-dealkylation sites (tertiary alicyclic amines) is 1. The van der Waals surface area contributed by atoms with E-state index < -0.39 is 23.5 Å². The lowest BCUT2D eigenvalue weighted by molar-refractivity contribution is -0.140. The molecule has 2 heterocycles. The van der Waals surface area contributed by atoms with Crippen molar-refractivity contribution in [2.24, 2.45) is 0 Å². The van der Waals surface area contributed by atoms with Crippen molar-refractivity contribution in [2.45, 2.75) is 25.0 Å². The quantitative estimate of drug-likeness (QED) is 0.302. The molecule has 0 saturated carbocycles. The van der Waals surface area contributed by atoms with Gasteiger partial charge in [-0.3, -0.25) is 9.59 Å². The van der Waals surface area contributed by atoms with Crippen LogP contribution in [-0.4, -0.2) is 41.0 Å². The molecule has 1 N–H and O–H groups in total. The number of nitrogens with zero attached hydrogens (tertiary/aromatic N) is 1. The Hall–Kier alpha value is -3.97. The molecule has 7 heteroatoms. The lowest BCUT2D eigenvalue weighted by Crippen LogP contribution is -2.36. The summed E-state index contributed by atoms with van der Waals surface area (Å²) in [4.78, 5) is 27.8. The van der Waals surface area contributed by atoms with Gasteiger partial charge in [-0.2, -0.15) is 0 Å². The van der Waals surface area contributed by atoms with E-state index in [1.165, 1.54) is 29.2 Å². The predicted octanol–water partition coefficient (Wildman–Crippen LogP) is 5.22. The predicted molar refractivity (Wildman–Crippen MR) is 127 cm³/mol. The van der Waals surface area contributed by atoms with Crippen molar-refractivity contribution in [2.75, 3.05) is 13.2 Å². The second kappa shape index (κ2) is 9.72. The first-order valence-corrected chi connectivity index (χ1v) is 11.5. The lowest BCUT2D eigenvalue weighted by Gasteiger charge is -2.27. The van der Waals surface area contributed by atoms with Crippen LogP contribution >= 0.6 is 0 Å². The molecule has 0 unspecified atom stereocenters. The first-order valence-electron chi connectivity index (χ1n) is 11.5. The third-order valence-corrected chi connectivity index (χ3v) is 6.23. The van der Waals surface area contributed by atoms with Gasteiger partial charge >= 0.3 is 0 Å². The van der Waals surface area contributed by atoms with E-state index in [4.69, 9.17) is 9.47 Å². The molecule has 6 nitrogen and oxygen atoms in total. The van der Waals surface area contributed by atoms with Crippen molar-refractivity contribution in [3.05, 3.63) is 101 Å². The van der Waals surface area contributed by atoms with Crippen molar-refractivity contribution in [3.63, 3.8) is 0 Å². The summed E-state index contributed by atoms with van der Waals surface area (Å²) in [6.45, 7) is 0.828. The molecular formula is C28H24FNO5. The number of aliphatic hydroxyl groups is 1. The second-order valence-corrected chi connectivity index (χ2v) is 8.58. The highest BCUT2D eigenvalue weighted by molar-refractivity contribution is 6.46. The lowest BCUT2D eigenvalue weighted by atomic mass is 9.95. The molecule has 3 aromatic carbocycles. The van der Waals surface area contributed by atoms with E-state index in [1.54, 1.807) is 24.3 Å². The number of hydrogen-bond acceptors (Lipinski definition) is 5. The Labute approximate surface area is 202 Å². The van der Waals surface area contributed by atoms with Crippen molar-refractivity contribution < 1.29 is 28.6 Å². The Morgan fingerprint density at radius 2 is 1.74 bits per heavy atom. The first kappa shape index (κ1) is 22.8. The van der Waals surface area contributed by atoms with E-state index in [1.807, 2.05) is 30.3 Å². The molecule has 0 bridgehead atoms. The van der Waals surface area contributed by atoms with Gasteiger partial charge in [-0.25, -0.2) is 4.39 Å². The van der Waals surface area contributed by atoms with E-state index >= 15 is 0 Å². The molecule has 2 aliphatic rings. The van der Waals surface area contributed by atoms with Crippen molar-refractivity contribution in [3.8, 4) is 11.5 Å². The average Bonchev–Trinajstić information content (AvgIpc) is 3.47. The van der Waals surface area contributed by atoms with Gasteiger partial charge in [-0.1, -0.05) is 30.3 Å². The number of carbonyl (C=O) groups is 2. The molecule has 35 heavy (non-hydrogen) atoms. The number of hydrogen-bond donors (Lipinski definition) is 1. The van der Waals surface area contributed by atoms with Crippen LogP contribution in [-0.2, 0) is 14.3 Å². The summed E-state index contributed by atoms with van der Waals surface area (Å²) in [6, 6.07) is 20.7. The Morgan fingerprint density at radius 3 is 2.46 bits per heavy atom. The summed E-state index contributed by atoms with van der Waals surface area (Å²) in [6.07, 6.45) is 1.48. The number of benzene rings is 3. The number of para-hydroxylation sites is 1. The fourth-order valence-electron chi connectivity index (χ4n) is 4.56. The second-order valence-electron chi connectivity index (χ2n) is 8.58. The molecule has 2 aliphatic heterocycles. The van der Waals surface area contributed by atoms with Gasteiger partial charge in [0.15, 0.2) is 0 Å². The van der Waals surface area contributed by atoms with Crippen molar-refractivity contribution in [1.29, 1.82) is 0 Å². The maximum atomic E-state index is 13.5. The highest BCUT2D eigenvalue weighted by Crippen LogP contribution is 2.41. The minimum atomic E-state index is -0.844. The number of halogens is 1. The maximum Gasteiger partial charge on any atom is 0.295 e. The van der Waals surface area contributed by atoms with Crippen LogP contribution in [0.3, 0.4) is 0 Å². The van der Waals surface area contributed by atoms with Crippen LogP contribution in [0.4, 0.5) is 4.39 Å². The number of ether oxygens (including phenoxy) is 2. The molecule has 0 radical (unpaired) electrons. The zero-order valence-electron chi connectivity index (χ0n) is 18.9. The minimum Gasteiger partial charge on any atom is -0.507 e. The smallest absolute Gasteiger partial charge is 0.295 e. The van der Waals surface area contributed by atoms with E-state index in [9.17, 15) is 19.1 Å². The van der Waals surface area contributed by atoms with Gasteiger partial charge in [0.05, 0.1) is 17.7 Å². The Balaban J connectivity index is 1.58. The van der Waals surface area contributed by atoms with Gasteiger partial charge in [-0.05, 0) is 66.9 Å². The molecule has 2 saturated heterocycles. The molecule has 0 spiro atoms. The van der Waals surface area contributed by atoms with Crippen LogP contribution < -0.4 is 4.74 Å². The highest BCUT2D eigenvalue weighted by Gasteiger charge is 2.47. The Kier molecular flexibility index (Phi) is 6.33. The highest BCUT2D eigenvalue weighted by atomic mass is 19.1. The molecule has 1 amide bonds. The first-order chi connectivity index (χ1) is 17.0. The van der Waals surface area contributed by atoms with Gasteiger partial charge in [0.2, 0.25) is 0 Å². The SMILES string of the molecule is O=C1C(=O)N(C[C@@H]2CCCO2)[C@@H](c2cccc(Oc3ccccc3)c2)C1=C(O)c1ccc(F)cc1.